The molecule has 1 aliphatic rings. The highest BCUT2D eigenvalue weighted by Gasteiger charge is 2.27. The molecule has 2 heterocycles. The number of hydrogen-bond donors (Lipinski definition) is 4. The van der Waals surface area contributed by atoms with E-state index in [0.29, 0.717) is 12.2 Å². The van der Waals surface area contributed by atoms with Crippen LogP contribution in [-0.2, 0) is 4.79 Å². The van der Waals surface area contributed by atoms with Crippen LogP contribution in [0.1, 0.15) is 33.7 Å². The van der Waals surface area contributed by atoms with Crippen LogP contribution in [0.25, 0.3) is 0 Å². The van der Waals surface area contributed by atoms with Crippen molar-refractivity contribution in [1.29, 1.82) is 0 Å². The van der Waals surface area contributed by atoms with Gasteiger partial charge >= 0.3 is 0 Å². The molecule has 3 aromatic rings. The molecule has 0 saturated carbocycles. The average Bonchev–Trinajstić information content (AvgIpc) is 3.57. The Morgan fingerprint density at radius 2 is 1.80 bits per heavy atom. The monoisotopic (exact) mass is 583 g/mol. The zero-order chi connectivity index (χ0) is 28.6. The predicted molar refractivity (Wildman–Crippen MR) is 158 cm³/mol. The zero-order valence-electron chi connectivity index (χ0n) is 22.2. The first-order valence-electron chi connectivity index (χ1n) is 12.8. The van der Waals surface area contributed by atoms with Gasteiger partial charge in [0.15, 0.2) is 0 Å². The molecule has 1 aromatic heterocycles. The van der Waals surface area contributed by atoms with Crippen molar-refractivity contribution in [3.8, 4) is 0 Å². The molecule has 1 aliphatic heterocycles. The molecule has 0 aliphatic carbocycles. The van der Waals surface area contributed by atoms with E-state index in [1.54, 1.807) is 24.3 Å². The average molecular weight is 585 g/mol. The summed E-state index contributed by atoms with van der Waals surface area (Å²) in [6.45, 7) is 2.24. The summed E-state index contributed by atoms with van der Waals surface area (Å²) in [5.74, 6) is -1.10. The number of H-pyrrole nitrogens is 1. The smallest absolute Gasteiger partial charge is 0.271 e. The van der Waals surface area contributed by atoms with E-state index in [0.717, 1.165) is 31.6 Å². The van der Waals surface area contributed by atoms with Crippen molar-refractivity contribution in [1.82, 2.24) is 20.4 Å². The van der Waals surface area contributed by atoms with E-state index < -0.39 is 5.91 Å². The minimum Gasteiger partial charge on any atom is -0.369 e. The fourth-order valence-electron chi connectivity index (χ4n) is 4.29. The normalized spacial score (nSPS) is 15.0. The quantitative estimate of drug-likeness (QED) is 0.262. The number of anilines is 3. The van der Waals surface area contributed by atoms with Gasteiger partial charge in [-0.1, -0.05) is 35.3 Å². The van der Waals surface area contributed by atoms with Gasteiger partial charge in [-0.15, -0.1) is 0 Å². The summed E-state index contributed by atoms with van der Waals surface area (Å²) in [5.41, 5.74) is 2.17. The summed E-state index contributed by atoms with van der Waals surface area (Å²) in [7, 11) is 3.98. The Morgan fingerprint density at radius 1 is 1.07 bits per heavy atom. The zero-order valence-corrected chi connectivity index (χ0v) is 23.7. The molecule has 10 nitrogen and oxygen atoms in total. The van der Waals surface area contributed by atoms with Crippen LogP contribution in [0, 0.1) is 0 Å². The molecule has 12 heteroatoms. The van der Waals surface area contributed by atoms with E-state index in [9.17, 15) is 14.4 Å². The van der Waals surface area contributed by atoms with Crippen LogP contribution in [0.2, 0.25) is 10.0 Å². The van der Waals surface area contributed by atoms with E-state index in [-0.39, 0.29) is 44.8 Å². The minimum absolute atomic E-state index is 0.107. The Kier molecular flexibility index (Phi) is 9.81. The second-order valence-electron chi connectivity index (χ2n) is 9.64. The fraction of sp³-hybridized carbons (Fsp3) is 0.286. The van der Waals surface area contributed by atoms with Gasteiger partial charge in [0.25, 0.3) is 11.8 Å². The third-order valence-corrected chi connectivity index (χ3v) is 6.97. The molecule has 1 fully saturated rings. The van der Waals surface area contributed by atoms with Crippen molar-refractivity contribution in [2.24, 2.45) is 0 Å². The summed E-state index contributed by atoms with van der Waals surface area (Å²) in [6, 6.07) is 12.3. The Labute approximate surface area is 242 Å². The molecule has 0 radical (unpaired) electrons. The van der Waals surface area contributed by atoms with Gasteiger partial charge in [0.05, 0.1) is 27.5 Å². The maximum Gasteiger partial charge on any atom is 0.271 e. The molecule has 1 saturated heterocycles. The van der Waals surface area contributed by atoms with Gasteiger partial charge in [0.2, 0.25) is 5.91 Å². The summed E-state index contributed by atoms with van der Waals surface area (Å²) >= 11 is 12.3. The van der Waals surface area contributed by atoms with Crippen LogP contribution in [0.3, 0.4) is 0 Å². The maximum atomic E-state index is 13.0. The first kappa shape index (κ1) is 29.1. The van der Waals surface area contributed by atoms with Crippen molar-refractivity contribution in [2.75, 3.05) is 49.3 Å². The lowest BCUT2D eigenvalue weighted by Crippen LogP contribution is -2.37. The van der Waals surface area contributed by atoms with Crippen molar-refractivity contribution in [3.63, 3.8) is 0 Å². The molecule has 2 aromatic carbocycles. The van der Waals surface area contributed by atoms with Gasteiger partial charge in [-0.3, -0.25) is 19.5 Å². The second kappa shape index (κ2) is 13.5. The molecule has 3 amide bonds. The van der Waals surface area contributed by atoms with Crippen LogP contribution in [0.5, 0.6) is 0 Å². The highest BCUT2D eigenvalue weighted by atomic mass is 35.5. The lowest BCUT2D eigenvalue weighted by atomic mass is 10.2. The van der Waals surface area contributed by atoms with Gasteiger partial charge in [0, 0.05) is 37.1 Å². The lowest BCUT2D eigenvalue weighted by molar-refractivity contribution is -0.111. The van der Waals surface area contributed by atoms with Crippen LogP contribution in [0.15, 0.2) is 60.8 Å². The van der Waals surface area contributed by atoms with E-state index >= 15 is 0 Å². The Hall–Kier alpha value is -3.86. The number of aromatic amines is 1. The molecule has 0 bridgehead atoms. The third kappa shape index (κ3) is 7.62. The van der Waals surface area contributed by atoms with Crippen molar-refractivity contribution in [3.05, 3.63) is 82.1 Å². The molecule has 4 rings (SSSR count). The Morgan fingerprint density at radius 3 is 2.50 bits per heavy atom. The maximum absolute atomic E-state index is 13.0. The first-order valence-corrected chi connectivity index (χ1v) is 13.5. The number of nitrogens with one attached hydrogen (secondary N) is 4. The molecule has 40 heavy (non-hydrogen) atoms. The van der Waals surface area contributed by atoms with Crippen molar-refractivity contribution >= 4 is 58.0 Å². The topological polar surface area (TPSA) is 122 Å². The number of aromatic nitrogens is 2. The van der Waals surface area contributed by atoms with E-state index in [1.165, 1.54) is 6.20 Å². The molecule has 1 atom stereocenters. The summed E-state index contributed by atoms with van der Waals surface area (Å²) in [4.78, 5) is 42.1. The van der Waals surface area contributed by atoms with Crippen molar-refractivity contribution in [2.45, 2.75) is 18.9 Å². The number of carbonyl (C=O) groups excluding carboxylic acids is 3. The summed E-state index contributed by atoms with van der Waals surface area (Å²) < 4.78 is 0. The summed E-state index contributed by atoms with van der Waals surface area (Å²) in [5, 5.41) is 15.5. The highest BCUT2D eigenvalue weighted by Crippen LogP contribution is 2.26. The number of amides is 3. The third-order valence-electron chi connectivity index (χ3n) is 6.34. The van der Waals surface area contributed by atoms with Crippen LogP contribution < -0.4 is 20.9 Å². The largest absolute Gasteiger partial charge is 0.369 e. The highest BCUT2D eigenvalue weighted by molar-refractivity contribution is 6.40. The number of nitrogens with zero attached hydrogens (tertiary/aromatic N) is 3. The molecular weight excluding hydrogens is 553 g/mol. The molecule has 0 unspecified atom stereocenters. The summed E-state index contributed by atoms with van der Waals surface area (Å²) in [6.07, 6.45) is 6.32. The van der Waals surface area contributed by atoms with Crippen LogP contribution in [-0.4, -0.2) is 72.6 Å². The molecular formula is C28H31Cl2N7O3. The number of benzene rings is 2. The van der Waals surface area contributed by atoms with E-state index in [1.807, 2.05) is 44.4 Å². The first-order chi connectivity index (χ1) is 19.2. The number of halogens is 2. The molecule has 210 valence electrons. The fourth-order valence-corrected chi connectivity index (χ4v) is 4.86. The number of carbonyl (C=O) groups is 3. The predicted octanol–water partition coefficient (Wildman–Crippen LogP) is 4.42. The minimum atomic E-state index is -0.543. The van der Waals surface area contributed by atoms with Crippen LogP contribution >= 0.6 is 23.2 Å². The van der Waals surface area contributed by atoms with Crippen molar-refractivity contribution < 1.29 is 14.4 Å². The second-order valence-corrected chi connectivity index (χ2v) is 10.5. The van der Waals surface area contributed by atoms with E-state index in [4.69, 9.17) is 23.2 Å². The standard InChI is InChI=1S/C28H31Cl2N7O3/c1-36(2)14-4-3-8-24(38)32-18-9-11-20(12-10-18)37-15-13-19(17-37)33-28(40)26-23(16-31-35-26)34-27(39)25-21(29)6-5-7-22(25)30/h3,5-12,16,19H,4,13-15,17H2,1-2H3,(H,31,35)(H,32,38)(H,33,40)(H,34,39)/b8-3+/t19-/m1/s1. The Balaban J connectivity index is 1.29. The van der Waals surface area contributed by atoms with Gasteiger partial charge in [0.1, 0.15) is 5.69 Å². The number of hydrogen-bond acceptors (Lipinski definition) is 6. The van der Waals surface area contributed by atoms with Gasteiger partial charge in [-0.25, -0.2) is 0 Å². The SMILES string of the molecule is CN(C)CC/C=C/C(=O)Nc1ccc(N2CC[C@@H](NC(=O)c3[nH]ncc3NC(=O)c3c(Cl)cccc3Cl)C2)cc1. The number of rotatable bonds is 10. The van der Waals surface area contributed by atoms with Gasteiger partial charge in [-0.05, 0) is 69.4 Å². The van der Waals surface area contributed by atoms with Crippen LogP contribution in [0.4, 0.5) is 17.1 Å². The molecule has 0 spiro atoms. The molecule has 4 N–H and O–H groups in total. The Bertz CT molecular complexity index is 1370. The van der Waals surface area contributed by atoms with Gasteiger partial charge in [-0.2, -0.15) is 5.10 Å². The lowest BCUT2D eigenvalue weighted by Gasteiger charge is -2.19. The van der Waals surface area contributed by atoms with Gasteiger partial charge < -0.3 is 25.8 Å². The van der Waals surface area contributed by atoms with E-state index in [2.05, 4.69) is 35.9 Å².